The van der Waals surface area contributed by atoms with Gasteiger partial charge in [0.15, 0.2) is 0 Å². The Bertz CT molecular complexity index is 614. The first-order chi connectivity index (χ1) is 10.6. The van der Waals surface area contributed by atoms with Gasteiger partial charge in [-0.25, -0.2) is 18.4 Å². The van der Waals surface area contributed by atoms with E-state index in [2.05, 4.69) is 9.97 Å². The first-order valence-corrected chi connectivity index (χ1v) is 9.48. The molecule has 1 aliphatic heterocycles. The summed E-state index contributed by atoms with van der Waals surface area (Å²) in [5.41, 5.74) is 0.760. The van der Waals surface area contributed by atoms with E-state index >= 15 is 0 Å². The molecule has 1 aliphatic carbocycles. The topological polar surface area (TPSA) is 72.4 Å². The molecule has 0 bridgehead atoms. The fourth-order valence-electron chi connectivity index (χ4n) is 3.26. The zero-order valence-electron chi connectivity index (χ0n) is 12.9. The summed E-state index contributed by atoms with van der Waals surface area (Å²) in [4.78, 5) is 8.45. The molecule has 3 rings (SSSR count). The van der Waals surface area contributed by atoms with Crippen molar-refractivity contribution in [2.45, 2.75) is 50.4 Å². The van der Waals surface area contributed by atoms with Crippen molar-refractivity contribution in [3.05, 3.63) is 23.8 Å². The minimum atomic E-state index is -3.23. The highest BCUT2D eigenvalue weighted by atomic mass is 32.2. The van der Waals surface area contributed by atoms with Gasteiger partial charge in [-0.1, -0.05) is 19.3 Å². The lowest BCUT2D eigenvalue weighted by atomic mass is 10.0. The van der Waals surface area contributed by atoms with Crippen LogP contribution in [0.25, 0.3) is 0 Å². The van der Waals surface area contributed by atoms with Crippen LogP contribution >= 0.6 is 0 Å². The van der Waals surface area contributed by atoms with Gasteiger partial charge < -0.3 is 4.74 Å². The zero-order chi connectivity index (χ0) is 15.6. The third kappa shape index (κ3) is 3.31. The first kappa shape index (κ1) is 15.8. The van der Waals surface area contributed by atoms with Gasteiger partial charge in [0, 0.05) is 19.3 Å². The van der Waals surface area contributed by atoms with Gasteiger partial charge >= 0.3 is 0 Å². The highest BCUT2D eigenvalue weighted by Gasteiger charge is 2.36. The lowest BCUT2D eigenvalue weighted by molar-refractivity contribution is -0.00548. The molecule has 0 N–H and O–H groups in total. The Hall–Kier alpha value is -1.05. The third-order valence-electron chi connectivity index (χ3n) is 4.49. The maximum absolute atomic E-state index is 12.8. The van der Waals surface area contributed by atoms with Crippen molar-refractivity contribution in [2.24, 2.45) is 0 Å². The van der Waals surface area contributed by atoms with Crippen LogP contribution in [0.4, 0.5) is 0 Å². The molecule has 0 spiro atoms. The normalized spacial score (nSPS) is 25.2. The number of morpholine rings is 1. The van der Waals surface area contributed by atoms with Gasteiger partial charge in [0.1, 0.15) is 11.9 Å². The number of aromatic nitrogens is 2. The Kier molecular flexibility index (Phi) is 4.75. The van der Waals surface area contributed by atoms with Crippen molar-refractivity contribution >= 4 is 10.0 Å². The molecule has 0 unspecified atom stereocenters. The lowest BCUT2D eigenvalue weighted by Gasteiger charge is -2.35. The molecule has 1 atom stereocenters. The van der Waals surface area contributed by atoms with E-state index in [-0.39, 0.29) is 11.4 Å². The fourth-order valence-corrected chi connectivity index (χ4v) is 5.29. The highest BCUT2D eigenvalue weighted by Crippen LogP contribution is 2.29. The number of ether oxygens (including phenoxy) is 1. The van der Waals surface area contributed by atoms with Crippen LogP contribution in [-0.4, -0.2) is 47.6 Å². The molecule has 2 heterocycles. The summed E-state index contributed by atoms with van der Waals surface area (Å²) >= 11 is 0. The molecule has 1 aromatic rings. The van der Waals surface area contributed by atoms with E-state index in [9.17, 15) is 8.42 Å². The highest BCUT2D eigenvalue weighted by molar-refractivity contribution is 7.89. The minimum absolute atomic E-state index is 0.216. The van der Waals surface area contributed by atoms with Crippen LogP contribution in [0.2, 0.25) is 0 Å². The summed E-state index contributed by atoms with van der Waals surface area (Å²) in [6.07, 6.45) is 6.15. The Morgan fingerprint density at radius 2 is 2.05 bits per heavy atom. The van der Waals surface area contributed by atoms with E-state index < -0.39 is 10.0 Å². The molecule has 2 fully saturated rings. The van der Waals surface area contributed by atoms with Gasteiger partial charge in [-0.3, -0.25) is 0 Å². The number of sulfonamides is 1. The quantitative estimate of drug-likeness (QED) is 0.847. The number of rotatable bonds is 3. The van der Waals surface area contributed by atoms with Gasteiger partial charge in [0.25, 0.3) is 0 Å². The molecule has 2 aliphatic rings. The number of hydrogen-bond donors (Lipinski definition) is 0. The summed E-state index contributed by atoms with van der Waals surface area (Å²) in [6.45, 7) is 3.04. The molecule has 0 aromatic carbocycles. The van der Waals surface area contributed by atoms with Gasteiger partial charge in [-0.2, -0.15) is 4.31 Å². The van der Waals surface area contributed by atoms with Crippen LogP contribution in [0.3, 0.4) is 0 Å². The molecule has 0 amide bonds. The van der Waals surface area contributed by atoms with E-state index in [1.165, 1.54) is 0 Å². The summed E-state index contributed by atoms with van der Waals surface area (Å²) in [5.74, 6) is 0.674. The molecular weight excluding hydrogens is 302 g/mol. The van der Waals surface area contributed by atoms with Crippen molar-refractivity contribution in [3.63, 3.8) is 0 Å². The van der Waals surface area contributed by atoms with Crippen molar-refractivity contribution < 1.29 is 13.2 Å². The standard InChI is InChI=1S/C15H23N3O3S/c1-12-16-8-7-14(17-12)15-11-18(9-10-21-15)22(19,20)13-5-3-2-4-6-13/h7-8,13,15H,2-6,9-11H2,1H3/t15-/m0/s1. The zero-order valence-corrected chi connectivity index (χ0v) is 13.8. The van der Waals surface area contributed by atoms with Gasteiger partial charge in [0.05, 0.1) is 17.6 Å². The summed E-state index contributed by atoms with van der Waals surface area (Å²) in [5, 5.41) is -0.216. The van der Waals surface area contributed by atoms with Crippen molar-refractivity contribution in [2.75, 3.05) is 19.7 Å². The number of aryl methyl sites for hydroxylation is 1. The Morgan fingerprint density at radius 1 is 1.27 bits per heavy atom. The second-order valence-electron chi connectivity index (χ2n) is 6.05. The molecule has 7 heteroatoms. The average molecular weight is 325 g/mol. The Balaban J connectivity index is 1.75. The molecular formula is C15H23N3O3S. The van der Waals surface area contributed by atoms with Crippen molar-refractivity contribution in [1.82, 2.24) is 14.3 Å². The Morgan fingerprint density at radius 3 is 2.77 bits per heavy atom. The molecule has 22 heavy (non-hydrogen) atoms. The summed E-state index contributed by atoms with van der Waals surface area (Å²) in [7, 11) is -3.23. The van der Waals surface area contributed by atoms with Crippen LogP contribution in [0, 0.1) is 6.92 Å². The minimum Gasteiger partial charge on any atom is -0.369 e. The maximum Gasteiger partial charge on any atom is 0.217 e. The van der Waals surface area contributed by atoms with Gasteiger partial charge in [-0.05, 0) is 25.8 Å². The molecule has 6 nitrogen and oxygen atoms in total. The average Bonchev–Trinajstić information content (AvgIpc) is 2.56. The van der Waals surface area contributed by atoms with Gasteiger partial charge in [0.2, 0.25) is 10.0 Å². The van der Waals surface area contributed by atoms with Crippen molar-refractivity contribution in [1.29, 1.82) is 0 Å². The van der Waals surface area contributed by atoms with E-state index in [0.29, 0.717) is 25.5 Å². The molecule has 1 aromatic heterocycles. The van der Waals surface area contributed by atoms with Crippen LogP contribution in [-0.2, 0) is 14.8 Å². The predicted molar refractivity (Wildman–Crippen MR) is 82.8 cm³/mol. The number of nitrogens with zero attached hydrogens (tertiary/aromatic N) is 3. The number of hydrogen-bond acceptors (Lipinski definition) is 5. The van der Waals surface area contributed by atoms with E-state index in [1.54, 1.807) is 16.6 Å². The molecule has 122 valence electrons. The van der Waals surface area contributed by atoms with E-state index in [0.717, 1.165) is 37.8 Å². The SMILES string of the molecule is Cc1nccc([C@@H]2CN(S(=O)(=O)C3CCCCC3)CCO2)n1. The molecule has 0 radical (unpaired) electrons. The molecule has 1 saturated heterocycles. The van der Waals surface area contributed by atoms with Crippen LogP contribution < -0.4 is 0 Å². The fraction of sp³-hybridized carbons (Fsp3) is 0.733. The molecule has 1 saturated carbocycles. The maximum atomic E-state index is 12.8. The summed E-state index contributed by atoms with van der Waals surface area (Å²) < 4.78 is 33.0. The van der Waals surface area contributed by atoms with Crippen LogP contribution in [0.1, 0.15) is 49.7 Å². The van der Waals surface area contributed by atoms with Crippen molar-refractivity contribution in [3.8, 4) is 0 Å². The van der Waals surface area contributed by atoms with E-state index in [1.807, 2.05) is 6.92 Å². The summed E-state index contributed by atoms with van der Waals surface area (Å²) in [6, 6.07) is 1.80. The second-order valence-corrected chi connectivity index (χ2v) is 8.26. The first-order valence-electron chi connectivity index (χ1n) is 7.97. The third-order valence-corrected chi connectivity index (χ3v) is 6.86. The Labute approximate surface area is 132 Å². The van der Waals surface area contributed by atoms with E-state index in [4.69, 9.17) is 4.74 Å². The van der Waals surface area contributed by atoms with Gasteiger partial charge in [-0.15, -0.1) is 0 Å². The lowest BCUT2D eigenvalue weighted by Crippen LogP contribution is -2.46. The smallest absolute Gasteiger partial charge is 0.217 e. The predicted octanol–water partition coefficient (Wildman–Crippen LogP) is 1.82. The monoisotopic (exact) mass is 325 g/mol. The van der Waals surface area contributed by atoms with Crippen LogP contribution in [0.15, 0.2) is 12.3 Å². The van der Waals surface area contributed by atoms with Crippen LogP contribution in [0.5, 0.6) is 0 Å². The second kappa shape index (κ2) is 6.60. The largest absolute Gasteiger partial charge is 0.369 e.